The predicted molar refractivity (Wildman–Crippen MR) is 69.0 cm³/mol. The van der Waals surface area contributed by atoms with Crippen molar-refractivity contribution in [1.29, 1.82) is 0 Å². The van der Waals surface area contributed by atoms with E-state index in [9.17, 15) is 5.11 Å². The van der Waals surface area contributed by atoms with Crippen molar-refractivity contribution < 1.29 is 5.11 Å². The third kappa shape index (κ3) is 1.62. The van der Waals surface area contributed by atoms with Gasteiger partial charge in [0.05, 0.1) is 6.61 Å². The Kier molecular flexibility index (Phi) is 2.36. The Balaban J connectivity index is 1.95. The summed E-state index contributed by atoms with van der Waals surface area (Å²) in [4.78, 5) is 0. The van der Waals surface area contributed by atoms with Gasteiger partial charge in [0.2, 0.25) is 0 Å². The van der Waals surface area contributed by atoms with E-state index in [0.717, 1.165) is 12.8 Å². The molecule has 0 bridgehead atoms. The molecule has 92 valence electrons. The van der Waals surface area contributed by atoms with Crippen LogP contribution in [-0.4, -0.2) is 17.8 Å². The minimum atomic E-state index is 0.0733. The molecule has 2 nitrogen and oxygen atoms in total. The van der Waals surface area contributed by atoms with Crippen LogP contribution in [-0.2, 0) is 10.8 Å². The first-order valence-corrected chi connectivity index (χ1v) is 6.60. The summed E-state index contributed by atoms with van der Waals surface area (Å²) < 4.78 is 0. The number of rotatable bonds is 4. The lowest BCUT2D eigenvalue weighted by Crippen LogP contribution is -2.31. The molecule has 0 amide bonds. The van der Waals surface area contributed by atoms with Crippen molar-refractivity contribution in [3.8, 4) is 0 Å². The maximum absolute atomic E-state index is 9.50. The first kappa shape index (κ1) is 11.2. The van der Waals surface area contributed by atoms with E-state index < -0.39 is 0 Å². The van der Waals surface area contributed by atoms with Crippen molar-refractivity contribution in [2.45, 2.75) is 49.5 Å². The minimum Gasteiger partial charge on any atom is -0.395 e. The average molecular weight is 231 g/mol. The van der Waals surface area contributed by atoms with Crippen molar-refractivity contribution in [1.82, 2.24) is 0 Å². The van der Waals surface area contributed by atoms with Crippen LogP contribution in [0.15, 0.2) is 24.3 Å². The summed E-state index contributed by atoms with van der Waals surface area (Å²) in [6.45, 7) is 2.39. The first-order chi connectivity index (χ1) is 8.13. The molecule has 0 radical (unpaired) electrons. The van der Waals surface area contributed by atoms with Crippen LogP contribution in [0.1, 0.15) is 43.7 Å². The van der Waals surface area contributed by atoms with E-state index in [-0.39, 0.29) is 23.5 Å². The number of aliphatic hydroxyl groups is 1. The molecule has 2 saturated carbocycles. The third-order valence-electron chi connectivity index (χ3n) is 4.87. The highest BCUT2D eigenvalue weighted by atomic mass is 16.3. The Morgan fingerprint density at radius 2 is 1.88 bits per heavy atom. The average Bonchev–Trinajstić information content (AvgIpc) is 3.23. The van der Waals surface area contributed by atoms with Gasteiger partial charge in [-0.05, 0) is 43.7 Å². The molecule has 0 heterocycles. The molecule has 3 N–H and O–H groups in total. The van der Waals surface area contributed by atoms with E-state index in [0.29, 0.717) is 0 Å². The Morgan fingerprint density at radius 3 is 2.35 bits per heavy atom. The third-order valence-corrected chi connectivity index (χ3v) is 4.87. The fourth-order valence-corrected chi connectivity index (χ4v) is 2.99. The van der Waals surface area contributed by atoms with Gasteiger partial charge >= 0.3 is 0 Å². The highest BCUT2D eigenvalue weighted by Gasteiger charge is 2.49. The second-order valence-corrected chi connectivity index (χ2v) is 5.96. The lowest BCUT2D eigenvalue weighted by atomic mass is 9.86. The number of hydrogen-bond acceptors (Lipinski definition) is 2. The highest BCUT2D eigenvalue weighted by molar-refractivity contribution is 5.41. The highest BCUT2D eigenvalue weighted by Crippen LogP contribution is 2.53. The molecule has 1 atom stereocenters. The van der Waals surface area contributed by atoms with Crippen LogP contribution in [0.2, 0.25) is 0 Å². The standard InChI is InChI=1S/C15H21NO/c1-11(16)15(7-8-15)13-4-2-3-12(9-13)14(10-17)5-6-14/h2-4,9,11,17H,5-8,10,16H2,1H3. The normalized spacial score (nSPS) is 25.4. The van der Waals surface area contributed by atoms with Crippen LogP contribution >= 0.6 is 0 Å². The smallest absolute Gasteiger partial charge is 0.0527 e. The SMILES string of the molecule is CC(N)C1(c2cccc(C3(CO)CC3)c2)CC1. The maximum Gasteiger partial charge on any atom is 0.0527 e. The predicted octanol–water partition coefficient (Wildman–Crippen LogP) is 2.09. The molecule has 2 aliphatic carbocycles. The van der Waals surface area contributed by atoms with Gasteiger partial charge in [-0.15, -0.1) is 0 Å². The molecule has 1 unspecified atom stereocenters. The fourth-order valence-electron chi connectivity index (χ4n) is 2.99. The van der Waals surface area contributed by atoms with Gasteiger partial charge in [0.15, 0.2) is 0 Å². The lowest BCUT2D eigenvalue weighted by molar-refractivity contribution is 0.255. The fraction of sp³-hybridized carbons (Fsp3) is 0.600. The van der Waals surface area contributed by atoms with Crippen molar-refractivity contribution >= 4 is 0 Å². The molecule has 0 spiro atoms. The zero-order valence-electron chi connectivity index (χ0n) is 10.4. The Morgan fingerprint density at radius 1 is 1.24 bits per heavy atom. The van der Waals surface area contributed by atoms with Gasteiger partial charge in [-0.3, -0.25) is 0 Å². The van der Waals surface area contributed by atoms with E-state index >= 15 is 0 Å². The molecular formula is C15H21NO. The van der Waals surface area contributed by atoms with Gasteiger partial charge in [0.1, 0.15) is 0 Å². The molecule has 2 aliphatic rings. The van der Waals surface area contributed by atoms with Gasteiger partial charge in [0, 0.05) is 16.9 Å². The minimum absolute atomic E-state index is 0.0733. The van der Waals surface area contributed by atoms with E-state index in [4.69, 9.17) is 5.73 Å². The van der Waals surface area contributed by atoms with Crippen LogP contribution in [0.4, 0.5) is 0 Å². The second-order valence-electron chi connectivity index (χ2n) is 5.96. The molecule has 2 heteroatoms. The van der Waals surface area contributed by atoms with Gasteiger partial charge < -0.3 is 10.8 Å². The van der Waals surface area contributed by atoms with E-state index in [1.165, 1.54) is 24.0 Å². The number of nitrogens with two attached hydrogens (primary N) is 1. The molecule has 1 aromatic carbocycles. The topological polar surface area (TPSA) is 46.2 Å². The zero-order chi connectivity index (χ0) is 12.1. The van der Waals surface area contributed by atoms with Crippen LogP contribution in [0.3, 0.4) is 0 Å². The lowest BCUT2D eigenvalue weighted by Gasteiger charge is -2.22. The van der Waals surface area contributed by atoms with Crippen molar-refractivity contribution in [3.05, 3.63) is 35.4 Å². The van der Waals surface area contributed by atoms with Crippen LogP contribution in [0.5, 0.6) is 0 Å². The summed E-state index contributed by atoms with van der Waals surface area (Å²) >= 11 is 0. The van der Waals surface area contributed by atoms with Crippen molar-refractivity contribution in [2.24, 2.45) is 5.73 Å². The Labute approximate surface area is 103 Å². The van der Waals surface area contributed by atoms with Crippen LogP contribution < -0.4 is 5.73 Å². The molecule has 0 aromatic heterocycles. The van der Waals surface area contributed by atoms with Crippen molar-refractivity contribution in [3.63, 3.8) is 0 Å². The molecule has 2 fully saturated rings. The van der Waals surface area contributed by atoms with E-state index in [2.05, 4.69) is 31.2 Å². The molecule has 0 aliphatic heterocycles. The van der Waals surface area contributed by atoms with Gasteiger partial charge in [-0.25, -0.2) is 0 Å². The van der Waals surface area contributed by atoms with Crippen LogP contribution in [0, 0.1) is 0 Å². The summed E-state index contributed by atoms with van der Waals surface area (Å²) in [6, 6.07) is 9.00. The van der Waals surface area contributed by atoms with Crippen LogP contribution in [0.25, 0.3) is 0 Å². The van der Waals surface area contributed by atoms with Gasteiger partial charge in [-0.1, -0.05) is 24.3 Å². The molecule has 1 aromatic rings. The molecule has 17 heavy (non-hydrogen) atoms. The second kappa shape index (κ2) is 3.56. The maximum atomic E-state index is 9.50. The largest absolute Gasteiger partial charge is 0.395 e. The number of aliphatic hydroxyl groups excluding tert-OH is 1. The monoisotopic (exact) mass is 231 g/mol. The Hall–Kier alpha value is -0.860. The quantitative estimate of drug-likeness (QED) is 0.833. The van der Waals surface area contributed by atoms with Crippen molar-refractivity contribution in [2.75, 3.05) is 6.61 Å². The Bertz CT molecular complexity index is 430. The summed E-state index contributed by atoms with van der Waals surface area (Å²) in [7, 11) is 0. The number of benzene rings is 1. The van der Waals surface area contributed by atoms with E-state index in [1.54, 1.807) is 0 Å². The summed E-state index contributed by atoms with van der Waals surface area (Å²) in [5, 5.41) is 9.50. The van der Waals surface area contributed by atoms with E-state index in [1.807, 2.05) is 0 Å². The van der Waals surface area contributed by atoms with Gasteiger partial charge in [-0.2, -0.15) is 0 Å². The first-order valence-electron chi connectivity index (χ1n) is 6.60. The summed E-state index contributed by atoms with van der Waals surface area (Å²) in [5.74, 6) is 0. The summed E-state index contributed by atoms with van der Waals surface area (Å²) in [5.41, 5.74) is 9.11. The molecular weight excluding hydrogens is 210 g/mol. The summed E-state index contributed by atoms with van der Waals surface area (Å²) in [6.07, 6.45) is 4.66. The number of hydrogen-bond donors (Lipinski definition) is 2. The molecule has 3 rings (SSSR count). The molecule has 0 saturated heterocycles. The van der Waals surface area contributed by atoms with Gasteiger partial charge in [0.25, 0.3) is 0 Å². The zero-order valence-corrected chi connectivity index (χ0v) is 10.4.